The number of carbonyl (C=O) groups is 3. The Morgan fingerprint density at radius 2 is 1.76 bits per heavy atom. The summed E-state index contributed by atoms with van der Waals surface area (Å²) in [4.78, 5) is 39.1. The van der Waals surface area contributed by atoms with Crippen LogP contribution in [0.1, 0.15) is 42.9 Å². The summed E-state index contributed by atoms with van der Waals surface area (Å²) in [7, 11) is -3.73. The Morgan fingerprint density at radius 3 is 2.30 bits per heavy atom. The molecule has 0 radical (unpaired) electrons. The van der Waals surface area contributed by atoms with E-state index >= 15 is 0 Å². The molecule has 2 rings (SSSR count). The first-order valence-corrected chi connectivity index (χ1v) is 12.7. The lowest BCUT2D eigenvalue weighted by atomic mass is 10.1. The van der Waals surface area contributed by atoms with Crippen molar-refractivity contribution in [2.24, 2.45) is 0 Å². The van der Waals surface area contributed by atoms with E-state index < -0.39 is 34.0 Å². The van der Waals surface area contributed by atoms with E-state index in [1.54, 1.807) is 27.7 Å². The van der Waals surface area contributed by atoms with Crippen LogP contribution in [0.3, 0.4) is 0 Å². The molecule has 0 bridgehead atoms. The highest BCUT2D eigenvalue weighted by atomic mass is 32.2. The molecule has 0 aliphatic carbocycles. The Hall–Kier alpha value is -2.76. The predicted molar refractivity (Wildman–Crippen MR) is 125 cm³/mol. The van der Waals surface area contributed by atoms with E-state index in [0.29, 0.717) is 6.54 Å². The normalized spacial score (nSPS) is 11.6. The minimum absolute atomic E-state index is 0.00997. The van der Waals surface area contributed by atoms with Crippen LogP contribution in [-0.4, -0.2) is 56.3 Å². The molecule has 2 amide bonds. The first-order chi connectivity index (χ1) is 15.4. The van der Waals surface area contributed by atoms with Crippen LogP contribution in [0.5, 0.6) is 0 Å². The summed E-state index contributed by atoms with van der Waals surface area (Å²) < 4.78 is 32.3. The van der Waals surface area contributed by atoms with Gasteiger partial charge in [-0.25, -0.2) is 17.9 Å². The molecule has 11 heteroatoms. The van der Waals surface area contributed by atoms with Crippen molar-refractivity contribution in [3.05, 3.63) is 52.2 Å². The van der Waals surface area contributed by atoms with Gasteiger partial charge < -0.3 is 15.0 Å². The number of carbonyl (C=O) groups excluding carboxylic acids is 3. The molecule has 180 valence electrons. The number of nitrogens with one attached hydrogen (secondary N) is 2. The highest BCUT2D eigenvalue weighted by Crippen LogP contribution is 2.14. The number of likely N-dealkylation sites (N-methyl/N-ethyl adjacent to an activating group) is 1. The van der Waals surface area contributed by atoms with Gasteiger partial charge in [-0.1, -0.05) is 6.07 Å². The van der Waals surface area contributed by atoms with Crippen molar-refractivity contribution in [1.29, 1.82) is 0 Å². The molecule has 2 N–H and O–H groups in total. The molecule has 0 aliphatic heterocycles. The second-order valence-corrected chi connectivity index (χ2v) is 10.9. The van der Waals surface area contributed by atoms with Gasteiger partial charge in [-0.05, 0) is 63.4 Å². The van der Waals surface area contributed by atoms with Gasteiger partial charge in [0.1, 0.15) is 0 Å². The zero-order valence-corrected chi connectivity index (χ0v) is 20.7. The number of thiophene rings is 1. The summed E-state index contributed by atoms with van der Waals surface area (Å²) >= 11 is 1.52. The van der Waals surface area contributed by atoms with Crippen LogP contribution in [0.4, 0.5) is 0 Å². The molecule has 2 aromatic rings. The Balaban J connectivity index is 1.87. The van der Waals surface area contributed by atoms with Crippen molar-refractivity contribution in [3.63, 3.8) is 0 Å². The van der Waals surface area contributed by atoms with E-state index in [2.05, 4.69) is 10.0 Å². The number of nitrogens with zero attached hydrogens (tertiary/aromatic N) is 1. The molecule has 0 saturated carbocycles. The van der Waals surface area contributed by atoms with Crippen molar-refractivity contribution < 1.29 is 27.5 Å². The minimum atomic E-state index is -3.73. The summed E-state index contributed by atoms with van der Waals surface area (Å²) in [5.74, 6) is -1.59. The third-order valence-corrected chi connectivity index (χ3v) is 6.93. The van der Waals surface area contributed by atoms with Crippen molar-refractivity contribution in [2.45, 2.75) is 44.7 Å². The van der Waals surface area contributed by atoms with Crippen LogP contribution in [0, 0.1) is 0 Å². The maximum absolute atomic E-state index is 12.4. The fourth-order valence-electron chi connectivity index (χ4n) is 2.74. The fraction of sp³-hybridized carbons (Fsp3) is 0.409. The summed E-state index contributed by atoms with van der Waals surface area (Å²) in [6.45, 7) is 6.87. The Labute approximate surface area is 198 Å². The lowest BCUT2D eigenvalue weighted by Crippen LogP contribution is -2.42. The van der Waals surface area contributed by atoms with Crippen LogP contribution < -0.4 is 10.0 Å². The van der Waals surface area contributed by atoms with Crippen LogP contribution in [0.25, 0.3) is 0 Å². The van der Waals surface area contributed by atoms with Gasteiger partial charge in [0.2, 0.25) is 15.9 Å². The number of sulfonamides is 1. The van der Waals surface area contributed by atoms with Gasteiger partial charge in [-0.2, -0.15) is 0 Å². The van der Waals surface area contributed by atoms with Gasteiger partial charge in [-0.15, -0.1) is 11.3 Å². The highest BCUT2D eigenvalue weighted by molar-refractivity contribution is 7.89. The third-order valence-electron chi connectivity index (χ3n) is 4.28. The quantitative estimate of drug-likeness (QED) is 0.487. The number of hydrogen-bond donors (Lipinski definition) is 2. The van der Waals surface area contributed by atoms with Gasteiger partial charge in [0.25, 0.3) is 5.91 Å². The molecule has 0 saturated heterocycles. The number of rotatable bonds is 10. The average molecular weight is 496 g/mol. The van der Waals surface area contributed by atoms with Crippen LogP contribution in [0.2, 0.25) is 0 Å². The molecule has 1 aromatic carbocycles. The largest absolute Gasteiger partial charge is 0.452 e. The Bertz CT molecular complexity index is 1060. The standard InChI is InChI=1S/C22H29N3O6S2/c1-5-25(14-19(26)23-13-17-7-6-12-32-17)20(27)15-31-21(28)16-8-10-18(11-9-16)33(29,30)24-22(2,3)4/h6-12,24H,5,13-15H2,1-4H3,(H,23,26). The molecule has 33 heavy (non-hydrogen) atoms. The second-order valence-electron chi connectivity index (χ2n) is 8.22. The highest BCUT2D eigenvalue weighted by Gasteiger charge is 2.23. The van der Waals surface area contributed by atoms with Gasteiger partial charge in [-0.3, -0.25) is 9.59 Å². The molecular formula is C22H29N3O6S2. The number of amides is 2. The molecular weight excluding hydrogens is 466 g/mol. The molecule has 9 nitrogen and oxygen atoms in total. The summed E-state index contributed by atoms with van der Waals surface area (Å²) in [6.07, 6.45) is 0. The first kappa shape index (κ1) is 26.5. The Morgan fingerprint density at radius 1 is 1.09 bits per heavy atom. The van der Waals surface area contributed by atoms with E-state index in [-0.39, 0.29) is 29.5 Å². The number of benzene rings is 1. The van der Waals surface area contributed by atoms with Crippen molar-refractivity contribution in [1.82, 2.24) is 14.9 Å². The van der Waals surface area contributed by atoms with Crippen LogP contribution in [0.15, 0.2) is 46.7 Å². The molecule has 0 atom stereocenters. The van der Waals surface area contributed by atoms with Crippen molar-refractivity contribution in [2.75, 3.05) is 19.7 Å². The monoisotopic (exact) mass is 495 g/mol. The van der Waals surface area contributed by atoms with E-state index in [1.807, 2.05) is 17.5 Å². The smallest absolute Gasteiger partial charge is 0.338 e. The van der Waals surface area contributed by atoms with E-state index in [4.69, 9.17) is 4.74 Å². The molecule has 0 fully saturated rings. The topological polar surface area (TPSA) is 122 Å². The first-order valence-electron chi connectivity index (χ1n) is 10.3. The summed E-state index contributed by atoms with van der Waals surface area (Å²) in [5.41, 5.74) is -0.544. The summed E-state index contributed by atoms with van der Waals surface area (Å²) in [6, 6.07) is 9.01. The fourth-order valence-corrected chi connectivity index (χ4v) is 4.80. The van der Waals surface area contributed by atoms with Gasteiger partial charge in [0.05, 0.1) is 23.5 Å². The van der Waals surface area contributed by atoms with Gasteiger partial charge in [0.15, 0.2) is 6.61 Å². The molecule has 1 heterocycles. The third kappa shape index (κ3) is 8.60. The minimum Gasteiger partial charge on any atom is -0.452 e. The maximum atomic E-state index is 12.4. The van der Waals surface area contributed by atoms with E-state index in [1.165, 1.54) is 40.5 Å². The van der Waals surface area contributed by atoms with Crippen molar-refractivity contribution >= 4 is 39.1 Å². The SMILES string of the molecule is CCN(CC(=O)NCc1cccs1)C(=O)COC(=O)c1ccc(S(=O)(=O)NC(C)(C)C)cc1. The zero-order valence-electron chi connectivity index (χ0n) is 19.1. The van der Waals surface area contributed by atoms with Crippen molar-refractivity contribution in [3.8, 4) is 0 Å². The van der Waals surface area contributed by atoms with E-state index in [0.717, 1.165) is 4.88 Å². The molecule has 0 aliphatic rings. The zero-order chi connectivity index (χ0) is 24.6. The number of hydrogen-bond acceptors (Lipinski definition) is 7. The Kier molecular flexibility index (Phi) is 9.15. The average Bonchev–Trinajstić information content (AvgIpc) is 3.26. The lowest BCUT2D eigenvalue weighted by molar-refractivity contribution is -0.138. The predicted octanol–water partition coefficient (Wildman–Crippen LogP) is 2.15. The number of ether oxygens (including phenoxy) is 1. The lowest BCUT2D eigenvalue weighted by Gasteiger charge is -2.20. The summed E-state index contributed by atoms with van der Waals surface area (Å²) in [5, 5.41) is 4.65. The van der Waals surface area contributed by atoms with Gasteiger partial charge >= 0.3 is 5.97 Å². The van der Waals surface area contributed by atoms with E-state index in [9.17, 15) is 22.8 Å². The molecule has 0 unspecified atom stereocenters. The second kappa shape index (κ2) is 11.4. The van der Waals surface area contributed by atoms with Crippen LogP contribution >= 0.6 is 11.3 Å². The molecule has 1 aromatic heterocycles. The molecule has 0 spiro atoms. The van der Waals surface area contributed by atoms with Gasteiger partial charge in [0, 0.05) is 17.0 Å². The number of esters is 1. The maximum Gasteiger partial charge on any atom is 0.338 e. The van der Waals surface area contributed by atoms with Crippen LogP contribution in [-0.2, 0) is 30.9 Å².